The highest BCUT2D eigenvalue weighted by atomic mass is 32.2. The lowest BCUT2D eigenvalue weighted by Crippen LogP contribution is -2.34. The molecule has 0 aliphatic carbocycles. The Labute approximate surface area is 170 Å². The number of hydrogen-bond donors (Lipinski definition) is 2. The minimum Gasteiger partial charge on any atom is -0.390 e. The minimum absolute atomic E-state index is 0.0742. The molecule has 0 bridgehead atoms. The second-order valence-corrected chi connectivity index (χ2v) is 8.66. The van der Waals surface area contributed by atoms with E-state index >= 15 is 0 Å². The molecule has 1 aromatic heterocycles. The van der Waals surface area contributed by atoms with Crippen molar-refractivity contribution in [1.82, 2.24) is 9.88 Å². The third-order valence-corrected chi connectivity index (χ3v) is 6.78. The molecule has 3 aromatic rings. The standard InChI is InChI=1S/C23H27FN2OS/c24-18-6-8-19(9-7-18)28-15-3-12-26-13-10-17(11-14-26)23-20-4-1-2-5-21(20)25-22(23)16-27/h1-2,4-9,17,25,27H,3,10-16H2. The molecule has 2 aromatic carbocycles. The maximum absolute atomic E-state index is 13.0. The number of nitrogens with one attached hydrogen (secondary N) is 1. The first kappa shape index (κ1) is 19.5. The van der Waals surface area contributed by atoms with Gasteiger partial charge in [-0.3, -0.25) is 0 Å². The van der Waals surface area contributed by atoms with Gasteiger partial charge in [0.15, 0.2) is 0 Å². The summed E-state index contributed by atoms with van der Waals surface area (Å²) in [6.07, 6.45) is 3.42. The minimum atomic E-state index is -0.174. The molecule has 1 fully saturated rings. The number of aromatic amines is 1. The topological polar surface area (TPSA) is 39.3 Å². The summed E-state index contributed by atoms with van der Waals surface area (Å²) in [6, 6.07) is 15.1. The Bertz CT molecular complexity index is 901. The summed E-state index contributed by atoms with van der Waals surface area (Å²) in [5, 5.41) is 11.1. The van der Waals surface area contributed by atoms with Crippen molar-refractivity contribution in [2.75, 3.05) is 25.4 Å². The monoisotopic (exact) mass is 398 g/mol. The Hall–Kier alpha value is -1.82. The fourth-order valence-corrected chi connectivity index (χ4v) is 5.10. The van der Waals surface area contributed by atoms with E-state index in [2.05, 4.69) is 28.1 Å². The van der Waals surface area contributed by atoms with E-state index in [0.29, 0.717) is 5.92 Å². The first-order valence-electron chi connectivity index (χ1n) is 10.1. The third-order valence-electron chi connectivity index (χ3n) is 5.68. The number of rotatable bonds is 7. The number of halogens is 1. The molecular formula is C23H27FN2OS. The molecule has 5 heteroatoms. The van der Waals surface area contributed by atoms with Crippen LogP contribution in [0.3, 0.4) is 0 Å². The van der Waals surface area contributed by atoms with Gasteiger partial charge in [-0.2, -0.15) is 0 Å². The Kier molecular flexibility index (Phi) is 6.35. The van der Waals surface area contributed by atoms with Gasteiger partial charge >= 0.3 is 0 Å². The van der Waals surface area contributed by atoms with Crippen LogP contribution in [0.5, 0.6) is 0 Å². The molecule has 2 N–H and O–H groups in total. The average Bonchev–Trinajstić information content (AvgIpc) is 3.12. The predicted molar refractivity (Wildman–Crippen MR) is 114 cm³/mol. The van der Waals surface area contributed by atoms with Gasteiger partial charge in [-0.05, 0) is 86.5 Å². The van der Waals surface area contributed by atoms with Crippen LogP contribution in [0.2, 0.25) is 0 Å². The van der Waals surface area contributed by atoms with Crippen molar-refractivity contribution in [3.8, 4) is 0 Å². The van der Waals surface area contributed by atoms with Crippen molar-refractivity contribution in [2.24, 2.45) is 0 Å². The van der Waals surface area contributed by atoms with Gasteiger partial charge in [0, 0.05) is 21.5 Å². The van der Waals surface area contributed by atoms with E-state index in [1.807, 2.05) is 18.2 Å². The SMILES string of the molecule is OCc1[nH]c2ccccc2c1C1CCN(CCCSc2ccc(F)cc2)CC1. The quantitative estimate of drug-likeness (QED) is 0.426. The molecular weight excluding hydrogens is 371 g/mol. The van der Waals surface area contributed by atoms with E-state index in [1.165, 1.54) is 23.1 Å². The number of hydrogen-bond acceptors (Lipinski definition) is 3. The summed E-state index contributed by atoms with van der Waals surface area (Å²) in [4.78, 5) is 7.08. The van der Waals surface area contributed by atoms with Crippen LogP contribution in [0, 0.1) is 5.82 Å². The fourth-order valence-electron chi connectivity index (χ4n) is 4.26. The highest BCUT2D eigenvalue weighted by Crippen LogP contribution is 2.36. The van der Waals surface area contributed by atoms with Crippen molar-refractivity contribution in [1.29, 1.82) is 0 Å². The summed E-state index contributed by atoms with van der Waals surface area (Å²) < 4.78 is 13.0. The zero-order valence-electron chi connectivity index (χ0n) is 16.0. The van der Waals surface area contributed by atoms with Gasteiger partial charge in [-0.1, -0.05) is 18.2 Å². The number of benzene rings is 2. The van der Waals surface area contributed by atoms with Gasteiger partial charge < -0.3 is 15.0 Å². The maximum Gasteiger partial charge on any atom is 0.123 e. The predicted octanol–water partition coefficient (Wildman–Crippen LogP) is 5.16. The highest BCUT2D eigenvalue weighted by molar-refractivity contribution is 7.99. The van der Waals surface area contributed by atoms with E-state index < -0.39 is 0 Å². The van der Waals surface area contributed by atoms with Gasteiger partial charge in [-0.25, -0.2) is 4.39 Å². The number of piperidine rings is 1. The van der Waals surface area contributed by atoms with Crippen LogP contribution in [0.15, 0.2) is 53.4 Å². The number of para-hydroxylation sites is 1. The smallest absolute Gasteiger partial charge is 0.123 e. The fraction of sp³-hybridized carbons (Fsp3) is 0.391. The van der Waals surface area contributed by atoms with Crippen molar-refractivity contribution in [2.45, 2.75) is 36.7 Å². The summed E-state index contributed by atoms with van der Waals surface area (Å²) in [6.45, 7) is 3.40. The zero-order chi connectivity index (χ0) is 19.3. The van der Waals surface area contributed by atoms with Crippen LogP contribution in [-0.2, 0) is 6.61 Å². The van der Waals surface area contributed by atoms with Crippen molar-refractivity contribution >= 4 is 22.7 Å². The molecule has 0 saturated carbocycles. The molecule has 28 heavy (non-hydrogen) atoms. The number of likely N-dealkylation sites (tertiary alicyclic amines) is 1. The molecule has 3 nitrogen and oxygen atoms in total. The third kappa shape index (κ3) is 4.43. The van der Waals surface area contributed by atoms with Crippen LogP contribution in [0.25, 0.3) is 10.9 Å². The second-order valence-electron chi connectivity index (χ2n) is 7.49. The summed E-state index contributed by atoms with van der Waals surface area (Å²) in [7, 11) is 0. The second kappa shape index (κ2) is 9.12. The molecule has 1 aliphatic heterocycles. The zero-order valence-corrected chi connectivity index (χ0v) is 16.9. The average molecular weight is 399 g/mol. The van der Waals surface area contributed by atoms with E-state index in [4.69, 9.17) is 0 Å². The van der Waals surface area contributed by atoms with Crippen molar-refractivity contribution in [3.63, 3.8) is 0 Å². The first-order valence-corrected chi connectivity index (χ1v) is 11.0. The summed E-state index contributed by atoms with van der Waals surface area (Å²) in [5.74, 6) is 1.40. The normalized spacial score (nSPS) is 16.1. The summed E-state index contributed by atoms with van der Waals surface area (Å²) >= 11 is 1.80. The first-order chi connectivity index (χ1) is 13.7. The Balaban J connectivity index is 1.27. The lowest BCUT2D eigenvalue weighted by Gasteiger charge is -2.32. The molecule has 1 aliphatic rings. The molecule has 0 spiro atoms. The molecule has 4 rings (SSSR count). The van der Waals surface area contributed by atoms with E-state index in [9.17, 15) is 9.50 Å². The van der Waals surface area contributed by atoms with Gasteiger partial charge in [0.1, 0.15) is 5.82 Å². The lowest BCUT2D eigenvalue weighted by molar-refractivity contribution is 0.211. The van der Waals surface area contributed by atoms with Crippen LogP contribution in [0.4, 0.5) is 4.39 Å². The number of aliphatic hydroxyl groups is 1. The van der Waals surface area contributed by atoms with Crippen LogP contribution in [0.1, 0.15) is 36.4 Å². The molecule has 0 radical (unpaired) electrons. The van der Waals surface area contributed by atoms with E-state index in [0.717, 1.165) is 60.8 Å². The van der Waals surface area contributed by atoms with Gasteiger partial charge in [0.05, 0.1) is 6.61 Å². The van der Waals surface area contributed by atoms with Crippen molar-refractivity contribution < 1.29 is 9.50 Å². The summed E-state index contributed by atoms with van der Waals surface area (Å²) in [5.41, 5.74) is 3.43. The highest BCUT2D eigenvalue weighted by Gasteiger charge is 2.25. The number of thioether (sulfide) groups is 1. The Morgan fingerprint density at radius 3 is 2.57 bits per heavy atom. The molecule has 0 atom stereocenters. The lowest BCUT2D eigenvalue weighted by atomic mass is 9.87. The molecule has 2 heterocycles. The number of fused-ring (bicyclic) bond motifs is 1. The van der Waals surface area contributed by atoms with Gasteiger partial charge in [0.25, 0.3) is 0 Å². The van der Waals surface area contributed by atoms with Gasteiger partial charge in [0.2, 0.25) is 0 Å². The van der Waals surface area contributed by atoms with E-state index in [1.54, 1.807) is 11.8 Å². The largest absolute Gasteiger partial charge is 0.390 e. The molecule has 0 unspecified atom stereocenters. The number of H-pyrrole nitrogens is 1. The van der Waals surface area contributed by atoms with Crippen LogP contribution >= 0.6 is 11.8 Å². The Morgan fingerprint density at radius 2 is 1.82 bits per heavy atom. The maximum atomic E-state index is 13.0. The van der Waals surface area contributed by atoms with Gasteiger partial charge in [-0.15, -0.1) is 11.8 Å². The Morgan fingerprint density at radius 1 is 1.07 bits per heavy atom. The molecule has 0 amide bonds. The van der Waals surface area contributed by atoms with Crippen LogP contribution in [-0.4, -0.2) is 40.4 Å². The van der Waals surface area contributed by atoms with Crippen LogP contribution < -0.4 is 0 Å². The number of aromatic nitrogens is 1. The van der Waals surface area contributed by atoms with E-state index in [-0.39, 0.29) is 12.4 Å². The number of nitrogens with zero attached hydrogens (tertiary/aromatic N) is 1. The number of aliphatic hydroxyl groups excluding tert-OH is 1. The van der Waals surface area contributed by atoms with Crippen molar-refractivity contribution in [3.05, 3.63) is 65.6 Å². The molecule has 148 valence electrons. The molecule has 1 saturated heterocycles.